The van der Waals surface area contributed by atoms with Gasteiger partial charge in [-0.25, -0.2) is 4.79 Å². The van der Waals surface area contributed by atoms with Crippen LogP contribution in [0.4, 0.5) is 5.69 Å². The summed E-state index contributed by atoms with van der Waals surface area (Å²) in [4.78, 5) is 24.2. The van der Waals surface area contributed by atoms with Gasteiger partial charge in [-0.2, -0.15) is 0 Å². The van der Waals surface area contributed by atoms with Crippen LogP contribution in [0.25, 0.3) is 0 Å². The molecule has 1 heterocycles. The fourth-order valence-electron chi connectivity index (χ4n) is 2.12. The van der Waals surface area contributed by atoms with Gasteiger partial charge >= 0.3 is 5.97 Å². The van der Waals surface area contributed by atoms with Gasteiger partial charge in [0.25, 0.3) is 0 Å². The van der Waals surface area contributed by atoms with Crippen LogP contribution in [0.1, 0.15) is 24.0 Å². The Morgan fingerprint density at radius 2 is 2.06 bits per heavy atom. The van der Waals surface area contributed by atoms with E-state index in [0.29, 0.717) is 18.5 Å². The van der Waals surface area contributed by atoms with E-state index in [2.05, 4.69) is 0 Å². The molecule has 1 fully saturated rings. The number of hydrogen-bond donors (Lipinski definition) is 1. The molecular weight excluding hydrogens is 218 g/mol. The van der Waals surface area contributed by atoms with E-state index in [1.165, 1.54) is 4.90 Å². The second-order valence-electron chi connectivity index (χ2n) is 4.43. The molecule has 1 N–H and O–H groups in total. The van der Waals surface area contributed by atoms with Crippen LogP contribution >= 0.6 is 0 Å². The Morgan fingerprint density at radius 1 is 1.35 bits per heavy atom. The normalized spacial score (nSPS) is 19.8. The summed E-state index contributed by atoms with van der Waals surface area (Å²) in [5.41, 5.74) is 2.88. The molecule has 1 aromatic carbocycles. The summed E-state index contributed by atoms with van der Waals surface area (Å²) in [5.74, 6) is -1.05. The van der Waals surface area contributed by atoms with Gasteiger partial charge in [0.2, 0.25) is 5.91 Å². The number of benzene rings is 1. The Morgan fingerprint density at radius 3 is 2.65 bits per heavy atom. The zero-order chi connectivity index (χ0) is 12.6. The van der Waals surface area contributed by atoms with Crippen molar-refractivity contribution in [3.63, 3.8) is 0 Å². The molecule has 1 amide bonds. The van der Waals surface area contributed by atoms with E-state index in [1.54, 1.807) is 0 Å². The summed E-state index contributed by atoms with van der Waals surface area (Å²) in [7, 11) is 0. The van der Waals surface area contributed by atoms with Crippen molar-refractivity contribution >= 4 is 17.6 Å². The highest BCUT2D eigenvalue weighted by atomic mass is 16.4. The lowest BCUT2D eigenvalue weighted by atomic mass is 10.1. The molecule has 1 saturated heterocycles. The van der Waals surface area contributed by atoms with Gasteiger partial charge in [-0.3, -0.25) is 9.69 Å². The second kappa shape index (κ2) is 4.20. The highest BCUT2D eigenvalue weighted by Gasteiger charge is 2.36. The van der Waals surface area contributed by atoms with Gasteiger partial charge in [0.05, 0.1) is 0 Å². The highest BCUT2D eigenvalue weighted by Crippen LogP contribution is 2.28. The highest BCUT2D eigenvalue weighted by molar-refractivity contribution is 6.02. The Kier molecular flexibility index (Phi) is 2.88. The lowest BCUT2D eigenvalue weighted by molar-refractivity contribution is -0.138. The van der Waals surface area contributed by atoms with E-state index in [-0.39, 0.29) is 5.91 Å². The van der Waals surface area contributed by atoms with Crippen LogP contribution in [0, 0.1) is 13.8 Å². The smallest absolute Gasteiger partial charge is 0.326 e. The van der Waals surface area contributed by atoms with Crippen molar-refractivity contribution in [1.29, 1.82) is 0 Å². The fourth-order valence-corrected chi connectivity index (χ4v) is 2.12. The minimum atomic E-state index is -0.936. The summed E-state index contributed by atoms with van der Waals surface area (Å²) >= 11 is 0. The summed E-state index contributed by atoms with van der Waals surface area (Å²) in [6.45, 7) is 3.94. The Balaban J connectivity index is 2.39. The number of carbonyl (C=O) groups is 2. The molecule has 2 rings (SSSR count). The van der Waals surface area contributed by atoms with Crippen LogP contribution in [0.3, 0.4) is 0 Å². The van der Waals surface area contributed by atoms with Crippen LogP contribution in [-0.2, 0) is 9.59 Å². The molecule has 0 radical (unpaired) electrons. The van der Waals surface area contributed by atoms with Crippen LogP contribution in [0.15, 0.2) is 18.2 Å². The van der Waals surface area contributed by atoms with Crippen molar-refractivity contribution in [2.24, 2.45) is 0 Å². The topological polar surface area (TPSA) is 57.6 Å². The summed E-state index contributed by atoms with van der Waals surface area (Å²) in [5, 5.41) is 9.09. The average Bonchev–Trinajstić information content (AvgIpc) is 2.64. The Bertz CT molecular complexity index is 482. The molecule has 4 nitrogen and oxygen atoms in total. The number of anilines is 1. The molecule has 4 heteroatoms. The lowest BCUT2D eigenvalue weighted by Gasteiger charge is -2.22. The monoisotopic (exact) mass is 233 g/mol. The van der Waals surface area contributed by atoms with Gasteiger partial charge in [-0.05, 0) is 43.5 Å². The molecule has 0 saturated carbocycles. The number of hydrogen-bond acceptors (Lipinski definition) is 2. The van der Waals surface area contributed by atoms with Crippen LogP contribution < -0.4 is 4.90 Å². The summed E-state index contributed by atoms with van der Waals surface area (Å²) in [6, 6.07) is 4.87. The minimum absolute atomic E-state index is 0.111. The average molecular weight is 233 g/mol. The largest absolute Gasteiger partial charge is 0.480 e. The zero-order valence-electron chi connectivity index (χ0n) is 9.93. The SMILES string of the molecule is Cc1ccc(N2C(=O)CCC2C(=O)O)cc1C. The molecule has 90 valence electrons. The van der Waals surface area contributed by atoms with Crippen molar-refractivity contribution in [2.75, 3.05) is 4.90 Å². The molecule has 1 atom stereocenters. The molecule has 0 bridgehead atoms. The van der Waals surface area contributed by atoms with E-state index in [4.69, 9.17) is 5.11 Å². The minimum Gasteiger partial charge on any atom is -0.480 e. The number of carboxylic acids is 1. The number of amides is 1. The van der Waals surface area contributed by atoms with Crippen LogP contribution in [-0.4, -0.2) is 23.0 Å². The van der Waals surface area contributed by atoms with E-state index < -0.39 is 12.0 Å². The number of aryl methyl sites for hydroxylation is 2. The zero-order valence-corrected chi connectivity index (χ0v) is 9.93. The maximum atomic E-state index is 11.7. The third-order valence-electron chi connectivity index (χ3n) is 3.27. The first-order valence-corrected chi connectivity index (χ1v) is 5.63. The predicted octanol–water partition coefficient (Wildman–Crippen LogP) is 1.88. The lowest BCUT2D eigenvalue weighted by Crippen LogP contribution is -2.38. The van der Waals surface area contributed by atoms with Crippen molar-refractivity contribution in [3.8, 4) is 0 Å². The van der Waals surface area contributed by atoms with Gasteiger partial charge in [0.15, 0.2) is 0 Å². The van der Waals surface area contributed by atoms with Gasteiger partial charge in [0.1, 0.15) is 6.04 Å². The summed E-state index contributed by atoms with van der Waals surface area (Å²) < 4.78 is 0. The van der Waals surface area contributed by atoms with Gasteiger partial charge in [0, 0.05) is 12.1 Å². The molecule has 0 spiro atoms. The number of rotatable bonds is 2. The van der Waals surface area contributed by atoms with Crippen LogP contribution in [0.2, 0.25) is 0 Å². The molecule has 1 aliphatic heterocycles. The molecule has 0 aliphatic carbocycles. The molecule has 1 aromatic rings. The van der Waals surface area contributed by atoms with Gasteiger partial charge in [-0.15, -0.1) is 0 Å². The maximum absolute atomic E-state index is 11.7. The van der Waals surface area contributed by atoms with Crippen molar-refractivity contribution in [2.45, 2.75) is 32.7 Å². The third-order valence-corrected chi connectivity index (χ3v) is 3.27. The molecule has 1 unspecified atom stereocenters. The fraction of sp³-hybridized carbons (Fsp3) is 0.385. The van der Waals surface area contributed by atoms with Crippen LogP contribution in [0.5, 0.6) is 0 Å². The molecule has 1 aliphatic rings. The predicted molar refractivity (Wildman–Crippen MR) is 64.1 cm³/mol. The van der Waals surface area contributed by atoms with Gasteiger partial charge < -0.3 is 5.11 Å². The van der Waals surface area contributed by atoms with E-state index >= 15 is 0 Å². The standard InChI is InChI=1S/C13H15NO3/c1-8-3-4-10(7-9(8)2)14-11(13(16)17)5-6-12(14)15/h3-4,7,11H,5-6H2,1-2H3,(H,16,17). The van der Waals surface area contributed by atoms with Crippen molar-refractivity contribution in [3.05, 3.63) is 29.3 Å². The Labute approximate surface area is 99.9 Å². The molecular formula is C13H15NO3. The first-order valence-electron chi connectivity index (χ1n) is 5.63. The van der Waals surface area contributed by atoms with Gasteiger partial charge in [-0.1, -0.05) is 6.07 Å². The third kappa shape index (κ3) is 2.02. The second-order valence-corrected chi connectivity index (χ2v) is 4.43. The first-order chi connectivity index (χ1) is 8.00. The summed E-state index contributed by atoms with van der Waals surface area (Å²) in [6.07, 6.45) is 0.699. The number of carbonyl (C=O) groups excluding carboxylic acids is 1. The van der Waals surface area contributed by atoms with E-state index in [9.17, 15) is 9.59 Å². The number of carboxylic acid groups (broad SMARTS) is 1. The molecule has 0 aromatic heterocycles. The quantitative estimate of drug-likeness (QED) is 0.848. The van der Waals surface area contributed by atoms with E-state index in [0.717, 1.165) is 11.1 Å². The maximum Gasteiger partial charge on any atom is 0.326 e. The number of nitrogens with zero attached hydrogens (tertiary/aromatic N) is 1. The Hall–Kier alpha value is -1.84. The van der Waals surface area contributed by atoms with Crippen molar-refractivity contribution in [1.82, 2.24) is 0 Å². The first kappa shape index (κ1) is 11.6. The molecule has 17 heavy (non-hydrogen) atoms. The van der Waals surface area contributed by atoms with E-state index in [1.807, 2.05) is 32.0 Å². The number of aliphatic carboxylic acids is 1. The van der Waals surface area contributed by atoms with Crippen molar-refractivity contribution < 1.29 is 14.7 Å².